The fraction of sp³-hybridized carbons (Fsp3) is 0.857. The number of allylic oxidation sites excluding steroid dienone is 2. The van der Waals surface area contributed by atoms with Crippen molar-refractivity contribution in [1.29, 1.82) is 0 Å². The Morgan fingerprint density at radius 3 is 1.79 bits per heavy atom. The van der Waals surface area contributed by atoms with Crippen LogP contribution in [0.1, 0.15) is 66.7 Å². The zero-order chi connectivity index (χ0) is 11.0. The van der Waals surface area contributed by atoms with Gasteiger partial charge in [-0.2, -0.15) is 0 Å². The summed E-state index contributed by atoms with van der Waals surface area (Å²) in [5.41, 5.74) is 1.70. The van der Waals surface area contributed by atoms with E-state index in [1.807, 2.05) is 0 Å². The van der Waals surface area contributed by atoms with Gasteiger partial charge in [0.2, 0.25) is 0 Å². The van der Waals surface area contributed by atoms with Gasteiger partial charge in [0.1, 0.15) is 0 Å². The van der Waals surface area contributed by atoms with E-state index >= 15 is 0 Å². The fourth-order valence-electron chi connectivity index (χ4n) is 2.58. The Hall–Kier alpha value is -0.260. The zero-order valence-corrected chi connectivity index (χ0v) is 10.8. The van der Waals surface area contributed by atoms with E-state index < -0.39 is 0 Å². The first-order valence-corrected chi connectivity index (χ1v) is 6.43. The van der Waals surface area contributed by atoms with Crippen LogP contribution >= 0.6 is 0 Å². The summed E-state index contributed by atoms with van der Waals surface area (Å²) in [5.74, 6) is 1.74. The van der Waals surface area contributed by atoms with Gasteiger partial charge >= 0.3 is 0 Å². The van der Waals surface area contributed by atoms with Crippen molar-refractivity contribution in [3.05, 3.63) is 11.6 Å². The molecule has 0 nitrogen and oxygen atoms in total. The molecule has 0 aromatic heterocycles. The number of hydrogen-bond donors (Lipinski definition) is 0. The Bertz CT molecular complexity index is 151. The maximum atomic E-state index is 2.45. The second kappa shape index (κ2) is 8.08. The molecule has 0 aliphatic carbocycles. The first kappa shape index (κ1) is 13.7. The lowest BCUT2D eigenvalue weighted by Crippen LogP contribution is -2.15. The third-order valence-corrected chi connectivity index (χ3v) is 3.41. The molecule has 0 spiro atoms. The van der Waals surface area contributed by atoms with Crippen LogP contribution in [0.3, 0.4) is 0 Å². The molecule has 0 aromatic carbocycles. The van der Waals surface area contributed by atoms with Crippen LogP contribution in [0.15, 0.2) is 11.6 Å². The molecule has 0 aromatic rings. The Morgan fingerprint density at radius 2 is 1.50 bits per heavy atom. The van der Waals surface area contributed by atoms with E-state index in [4.69, 9.17) is 0 Å². The number of hydrogen-bond acceptors (Lipinski definition) is 0. The van der Waals surface area contributed by atoms with E-state index in [0.29, 0.717) is 0 Å². The van der Waals surface area contributed by atoms with Gasteiger partial charge in [-0.3, -0.25) is 0 Å². The van der Waals surface area contributed by atoms with Crippen LogP contribution in [0.5, 0.6) is 0 Å². The van der Waals surface area contributed by atoms with Crippen LogP contribution < -0.4 is 0 Å². The van der Waals surface area contributed by atoms with Crippen LogP contribution in [-0.4, -0.2) is 0 Å². The lowest BCUT2D eigenvalue weighted by molar-refractivity contribution is 0.340. The third kappa shape index (κ3) is 3.86. The van der Waals surface area contributed by atoms with E-state index in [1.54, 1.807) is 5.57 Å². The SMILES string of the molecule is CCC=C(CC)C(CC)C(CC)CC. The topological polar surface area (TPSA) is 0 Å². The average molecular weight is 196 g/mol. The van der Waals surface area contributed by atoms with Gasteiger partial charge in [0.15, 0.2) is 0 Å². The van der Waals surface area contributed by atoms with Gasteiger partial charge in [0.25, 0.3) is 0 Å². The predicted molar refractivity (Wildman–Crippen MR) is 66.5 cm³/mol. The molecule has 0 bridgehead atoms. The summed E-state index contributed by atoms with van der Waals surface area (Å²) >= 11 is 0. The van der Waals surface area contributed by atoms with E-state index in [9.17, 15) is 0 Å². The molecule has 0 radical (unpaired) electrons. The highest BCUT2D eigenvalue weighted by Gasteiger charge is 2.18. The second-order valence-electron chi connectivity index (χ2n) is 4.13. The van der Waals surface area contributed by atoms with E-state index in [0.717, 1.165) is 11.8 Å². The van der Waals surface area contributed by atoms with Crippen molar-refractivity contribution >= 4 is 0 Å². The van der Waals surface area contributed by atoms with E-state index in [2.05, 4.69) is 40.7 Å². The molecular formula is C14H28. The molecule has 0 aliphatic rings. The van der Waals surface area contributed by atoms with Gasteiger partial charge in [-0.1, -0.05) is 59.1 Å². The van der Waals surface area contributed by atoms with Gasteiger partial charge in [-0.15, -0.1) is 0 Å². The van der Waals surface area contributed by atoms with Crippen molar-refractivity contribution in [1.82, 2.24) is 0 Å². The smallest absolute Gasteiger partial charge is 0.0178 e. The summed E-state index contributed by atoms with van der Waals surface area (Å²) < 4.78 is 0. The maximum absolute atomic E-state index is 2.45. The molecule has 0 amide bonds. The molecule has 0 N–H and O–H groups in total. The second-order valence-corrected chi connectivity index (χ2v) is 4.13. The molecule has 1 unspecified atom stereocenters. The molecule has 1 atom stereocenters. The highest BCUT2D eigenvalue weighted by molar-refractivity contribution is 5.07. The molecule has 0 rings (SSSR count). The van der Waals surface area contributed by atoms with Gasteiger partial charge in [0, 0.05) is 0 Å². The van der Waals surface area contributed by atoms with Gasteiger partial charge in [0.05, 0.1) is 0 Å². The van der Waals surface area contributed by atoms with E-state index in [1.165, 1.54) is 32.1 Å². The quantitative estimate of drug-likeness (QED) is 0.491. The molecular weight excluding hydrogens is 168 g/mol. The van der Waals surface area contributed by atoms with E-state index in [-0.39, 0.29) is 0 Å². The molecule has 0 saturated heterocycles. The third-order valence-electron chi connectivity index (χ3n) is 3.41. The van der Waals surface area contributed by atoms with Crippen LogP contribution in [0.25, 0.3) is 0 Å². The van der Waals surface area contributed by atoms with Crippen molar-refractivity contribution in [2.24, 2.45) is 11.8 Å². The van der Waals surface area contributed by atoms with Crippen molar-refractivity contribution in [3.8, 4) is 0 Å². The minimum atomic E-state index is 0.843. The zero-order valence-electron chi connectivity index (χ0n) is 10.8. The summed E-state index contributed by atoms with van der Waals surface area (Å²) in [6.45, 7) is 11.5. The van der Waals surface area contributed by atoms with Gasteiger partial charge < -0.3 is 0 Å². The molecule has 84 valence electrons. The normalized spacial score (nSPS) is 14.9. The lowest BCUT2D eigenvalue weighted by Gasteiger charge is -2.26. The largest absolute Gasteiger partial charge is 0.0853 e. The van der Waals surface area contributed by atoms with Crippen molar-refractivity contribution < 1.29 is 0 Å². The summed E-state index contributed by atoms with van der Waals surface area (Å²) in [6.07, 6.45) is 8.85. The standard InChI is InChI=1S/C14H28/c1-6-11-13(9-4)14(10-5)12(7-2)8-3/h11-12,14H,6-10H2,1-5H3. The van der Waals surface area contributed by atoms with Crippen LogP contribution in [0, 0.1) is 11.8 Å². The fourth-order valence-corrected chi connectivity index (χ4v) is 2.58. The monoisotopic (exact) mass is 196 g/mol. The molecule has 0 aliphatic heterocycles. The van der Waals surface area contributed by atoms with Gasteiger partial charge in [-0.25, -0.2) is 0 Å². The maximum Gasteiger partial charge on any atom is -0.0178 e. The predicted octanol–water partition coefficient (Wildman–Crippen LogP) is 5.20. The summed E-state index contributed by atoms with van der Waals surface area (Å²) in [7, 11) is 0. The highest BCUT2D eigenvalue weighted by atomic mass is 14.2. The van der Waals surface area contributed by atoms with Crippen LogP contribution in [0.4, 0.5) is 0 Å². The number of rotatable bonds is 7. The molecule has 0 heterocycles. The Labute approximate surface area is 90.8 Å². The Kier molecular flexibility index (Phi) is 7.93. The molecule has 14 heavy (non-hydrogen) atoms. The van der Waals surface area contributed by atoms with Crippen molar-refractivity contribution in [2.45, 2.75) is 66.7 Å². The first-order chi connectivity index (χ1) is 6.74. The summed E-state index contributed by atoms with van der Waals surface area (Å²) in [5, 5.41) is 0. The lowest BCUT2D eigenvalue weighted by atomic mass is 9.79. The first-order valence-electron chi connectivity index (χ1n) is 6.43. The van der Waals surface area contributed by atoms with Crippen molar-refractivity contribution in [3.63, 3.8) is 0 Å². The van der Waals surface area contributed by atoms with Gasteiger partial charge in [-0.05, 0) is 31.1 Å². The minimum Gasteiger partial charge on any atom is -0.0853 e. The molecule has 0 heteroatoms. The van der Waals surface area contributed by atoms with Crippen LogP contribution in [0.2, 0.25) is 0 Å². The molecule has 0 saturated carbocycles. The summed E-state index contributed by atoms with van der Waals surface area (Å²) in [6, 6.07) is 0. The van der Waals surface area contributed by atoms with Crippen LogP contribution in [-0.2, 0) is 0 Å². The highest BCUT2D eigenvalue weighted by Crippen LogP contribution is 2.31. The average Bonchev–Trinajstić information content (AvgIpc) is 2.23. The Morgan fingerprint density at radius 1 is 0.929 bits per heavy atom. The Balaban J connectivity index is 4.56. The van der Waals surface area contributed by atoms with Crippen molar-refractivity contribution in [2.75, 3.05) is 0 Å². The molecule has 0 fully saturated rings. The minimum absolute atomic E-state index is 0.843. The summed E-state index contributed by atoms with van der Waals surface area (Å²) in [4.78, 5) is 0.